The van der Waals surface area contributed by atoms with E-state index in [1.807, 2.05) is 16.8 Å². The number of carbonyl (C=O) groups excluding carboxylic acids is 1. The van der Waals surface area contributed by atoms with Gasteiger partial charge in [0.05, 0.1) is 23.5 Å². The van der Waals surface area contributed by atoms with Gasteiger partial charge in [0.2, 0.25) is 0 Å². The summed E-state index contributed by atoms with van der Waals surface area (Å²) in [6.45, 7) is 1.99. The summed E-state index contributed by atoms with van der Waals surface area (Å²) in [6.07, 6.45) is 8.14. The van der Waals surface area contributed by atoms with E-state index in [1.165, 1.54) is 22.5 Å². The van der Waals surface area contributed by atoms with Crippen LogP contribution in [0, 0.1) is 12.7 Å². The van der Waals surface area contributed by atoms with Crippen molar-refractivity contribution in [3.05, 3.63) is 81.3 Å². The minimum atomic E-state index is -0.849. The van der Waals surface area contributed by atoms with Gasteiger partial charge >= 0.3 is 5.97 Å². The number of nitrogens with one attached hydrogen (secondary N) is 1. The van der Waals surface area contributed by atoms with E-state index in [1.54, 1.807) is 13.0 Å². The van der Waals surface area contributed by atoms with Crippen LogP contribution in [-0.4, -0.2) is 41.4 Å². The number of aromatic nitrogens is 5. The number of carboxylic acids is 1. The molecule has 0 saturated heterocycles. The highest BCUT2D eigenvalue weighted by atomic mass is 35.5. The van der Waals surface area contributed by atoms with E-state index in [0.717, 1.165) is 18.4 Å². The Labute approximate surface area is 210 Å². The molecule has 0 spiro atoms. The molecule has 5 rings (SSSR count). The number of nitrogens with zero attached hydrogens (tertiary/aromatic N) is 5. The molecule has 0 bridgehead atoms. The van der Waals surface area contributed by atoms with Gasteiger partial charge in [0.15, 0.2) is 5.69 Å². The Balaban J connectivity index is 1.30. The first-order valence-corrected chi connectivity index (χ1v) is 12.0. The monoisotopic (exact) mass is 510 g/mol. The van der Waals surface area contributed by atoms with E-state index in [0.29, 0.717) is 34.8 Å². The van der Waals surface area contributed by atoms with E-state index in [2.05, 4.69) is 21.7 Å². The SMILES string of the molecule is Cc1ccc(Cl)c(F)c1CNC(=O)c1cn(Cc2cn3cc(C4CC4)cc(CCC(=O)O)c3n2)nn1. The molecule has 1 aliphatic rings. The van der Waals surface area contributed by atoms with Crippen LogP contribution in [0.1, 0.15) is 63.6 Å². The van der Waals surface area contributed by atoms with Gasteiger partial charge in [-0.15, -0.1) is 5.10 Å². The Hall–Kier alpha value is -3.79. The quantitative estimate of drug-likeness (QED) is 0.353. The summed E-state index contributed by atoms with van der Waals surface area (Å²) in [6, 6.07) is 5.23. The van der Waals surface area contributed by atoms with Crippen molar-refractivity contribution in [3.63, 3.8) is 0 Å². The highest BCUT2D eigenvalue weighted by Gasteiger charge is 2.25. The predicted molar refractivity (Wildman–Crippen MR) is 130 cm³/mol. The molecule has 0 aliphatic heterocycles. The Morgan fingerprint density at radius 2 is 2.06 bits per heavy atom. The van der Waals surface area contributed by atoms with Crippen molar-refractivity contribution in [1.82, 2.24) is 29.7 Å². The second-order valence-corrected chi connectivity index (χ2v) is 9.48. The average molecular weight is 511 g/mol. The molecule has 0 atom stereocenters. The highest BCUT2D eigenvalue weighted by Crippen LogP contribution is 2.40. The first-order valence-electron chi connectivity index (χ1n) is 11.6. The molecular formula is C25H24ClFN6O3. The smallest absolute Gasteiger partial charge is 0.303 e. The Morgan fingerprint density at radius 3 is 2.81 bits per heavy atom. The fourth-order valence-corrected chi connectivity index (χ4v) is 4.37. The second-order valence-electron chi connectivity index (χ2n) is 9.07. The zero-order chi connectivity index (χ0) is 25.4. The van der Waals surface area contributed by atoms with Gasteiger partial charge in [-0.3, -0.25) is 9.59 Å². The average Bonchev–Trinajstić information content (AvgIpc) is 3.46. The van der Waals surface area contributed by atoms with Gasteiger partial charge in [-0.1, -0.05) is 28.9 Å². The van der Waals surface area contributed by atoms with Gasteiger partial charge < -0.3 is 14.8 Å². The molecule has 1 saturated carbocycles. The van der Waals surface area contributed by atoms with E-state index >= 15 is 0 Å². The number of aliphatic carboxylic acids is 1. The molecule has 3 aromatic heterocycles. The number of hydrogen-bond acceptors (Lipinski definition) is 5. The fraction of sp³-hybridized carbons (Fsp3) is 0.320. The summed E-state index contributed by atoms with van der Waals surface area (Å²) in [5.74, 6) is -1.37. The van der Waals surface area contributed by atoms with Crippen LogP contribution in [-0.2, 0) is 24.3 Å². The number of rotatable bonds is 9. The predicted octanol–water partition coefficient (Wildman–Crippen LogP) is 3.90. The molecule has 2 N–H and O–H groups in total. The molecule has 0 radical (unpaired) electrons. The maximum Gasteiger partial charge on any atom is 0.303 e. The molecular weight excluding hydrogens is 487 g/mol. The van der Waals surface area contributed by atoms with E-state index in [9.17, 15) is 14.0 Å². The molecule has 36 heavy (non-hydrogen) atoms. The zero-order valence-electron chi connectivity index (χ0n) is 19.5. The van der Waals surface area contributed by atoms with Crippen molar-refractivity contribution in [2.75, 3.05) is 0 Å². The summed E-state index contributed by atoms with van der Waals surface area (Å²) in [7, 11) is 0. The zero-order valence-corrected chi connectivity index (χ0v) is 20.3. The maximum absolute atomic E-state index is 14.3. The normalized spacial score (nSPS) is 13.3. The second kappa shape index (κ2) is 9.69. The maximum atomic E-state index is 14.3. The van der Waals surface area contributed by atoms with Gasteiger partial charge in [-0.2, -0.15) is 0 Å². The van der Waals surface area contributed by atoms with Crippen LogP contribution in [0.4, 0.5) is 4.39 Å². The number of hydrogen-bond donors (Lipinski definition) is 2. The molecule has 1 aromatic carbocycles. The van der Waals surface area contributed by atoms with Gasteiger partial charge in [0.25, 0.3) is 5.91 Å². The molecule has 4 aromatic rings. The van der Waals surface area contributed by atoms with Crippen molar-refractivity contribution < 1.29 is 19.1 Å². The topological polar surface area (TPSA) is 114 Å². The summed E-state index contributed by atoms with van der Waals surface area (Å²) in [4.78, 5) is 28.4. The van der Waals surface area contributed by atoms with Crippen molar-refractivity contribution >= 4 is 29.1 Å². The lowest BCUT2D eigenvalue weighted by molar-refractivity contribution is -0.136. The number of amides is 1. The number of pyridine rings is 1. The lowest BCUT2D eigenvalue weighted by atomic mass is 10.1. The van der Waals surface area contributed by atoms with Crippen LogP contribution in [0.2, 0.25) is 5.02 Å². The van der Waals surface area contributed by atoms with Crippen molar-refractivity contribution in [3.8, 4) is 0 Å². The van der Waals surface area contributed by atoms with Gasteiger partial charge in [0, 0.05) is 30.9 Å². The molecule has 1 fully saturated rings. The van der Waals surface area contributed by atoms with Gasteiger partial charge in [-0.05, 0) is 54.9 Å². The lowest BCUT2D eigenvalue weighted by Gasteiger charge is -2.09. The summed E-state index contributed by atoms with van der Waals surface area (Å²) >= 11 is 5.85. The molecule has 3 heterocycles. The molecule has 186 valence electrons. The minimum absolute atomic E-state index is 0.00128. The van der Waals surface area contributed by atoms with Crippen LogP contribution in [0.3, 0.4) is 0 Å². The largest absolute Gasteiger partial charge is 0.481 e. The Morgan fingerprint density at radius 1 is 1.25 bits per heavy atom. The number of carboxylic acid groups (broad SMARTS) is 1. The third-order valence-corrected chi connectivity index (χ3v) is 6.60. The molecule has 11 heteroatoms. The molecule has 0 unspecified atom stereocenters. The summed E-state index contributed by atoms with van der Waals surface area (Å²) in [5.41, 5.74) is 4.60. The Kier molecular flexibility index (Phi) is 6.44. The number of fused-ring (bicyclic) bond motifs is 1. The van der Waals surface area contributed by atoms with E-state index in [4.69, 9.17) is 21.7 Å². The number of benzene rings is 1. The van der Waals surface area contributed by atoms with Crippen LogP contribution in [0.15, 0.2) is 36.8 Å². The number of imidazole rings is 1. The lowest BCUT2D eigenvalue weighted by Crippen LogP contribution is -2.24. The standard InChI is InChI=1S/C25H24ClFN6O3/c1-14-2-6-20(26)23(27)19(14)9-28-25(36)21-13-33(31-30-21)12-18-11-32-10-17(15-3-4-15)8-16(24(32)29-18)5-7-22(34)35/h2,6,8,10-11,13,15H,3-5,7,9,12H2,1H3,(H,28,36)(H,34,35). The van der Waals surface area contributed by atoms with Crippen LogP contribution in [0.5, 0.6) is 0 Å². The Bertz CT molecular complexity index is 1480. The van der Waals surface area contributed by atoms with Gasteiger partial charge in [-0.25, -0.2) is 14.1 Å². The molecule has 1 aliphatic carbocycles. The molecule has 9 nitrogen and oxygen atoms in total. The van der Waals surface area contributed by atoms with Crippen molar-refractivity contribution in [2.24, 2.45) is 0 Å². The third-order valence-electron chi connectivity index (χ3n) is 6.31. The molecule has 1 amide bonds. The van der Waals surface area contributed by atoms with Crippen LogP contribution >= 0.6 is 11.6 Å². The summed E-state index contributed by atoms with van der Waals surface area (Å²) in [5, 5.41) is 19.7. The van der Waals surface area contributed by atoms with E-state index in [-0.39, 0.29) is 30.2 Å². The third kappa shape index (κ3) is 5.08. The minimum Gasteiger partial charge on any atom is -0.481 e. The van der Waals surface area contributed by atoms with E-state index < -0.39 is 17.7 Å². The van der Waals surface area contributed by atoms with Crippen LogP contribution < -0.4 is 5.32 Å². The van der Waals surface area contributed by atoms with Crippen molar-refractivity contribution in [1.29, 1.82) is 0 Å². The van der Waals surface area contributed by atoms with Gasteiger partial charge in [0.1, 0.15) is 11.5 Å². The van der Waals surface area contributed by atoms with Crippen LogP contribution in [0.25, 0.3) is 5.65 Å². The highest BCUT2D eigenvalue weighted by molar-refractivity contribution is 6.30. The first kappa shape index (κ1) is 23.9. The summed E-state index contributed by atoms with van der Waals surface area (Å²) < 4.78 is 17.7. The fourth-order valence-electron chi connectivity index (χ4n) is 4.20. The number of carbonyl (C=O) groups is 2. The number of aryl methyl sites for hydroxylation is 2. The first-order chi connectivity index (χ1) is 17.3. The number of halogens is 2. The van der Waals surface area contributed by atoms with Crippen molar-refractivity contribution in [2.45, 2.75) is 51.6 Å².